The fraction of sp³-hybridized carbons (Fsp3) is 0.222. The third kappa shape index (κ3) is 3.35. The van der Waals surface area contributed by atoms with Crippen LogP contribution in [0, 0.1) is 5.82 Å². The molecule has 3 aromatic rings. The molecular formula is C18H15ClFN5O2. The molecule has 138 valence electrons. The monoisotopic (exact) mass is 387 g/mol. The largest absolute Gasteiger partial charge is 0.352 e. The van der Waals surface area contributed by atoms with Crippen molar-refractivity contribution >= 4 is 23.3 Å². The van der Waals surface area contributed by atoms with E-state index in [0.29, 0.717) is 30.2 Å². The molecule has 1 atom stereocenters. The van der Waals surface area contributed by atoms with Crippen LogP contribution in [0.2, 0.25) is 5.02 Å². The van der Waals surface area contributed by atoms with Crippen LogP contribution in [0.1, 0.15) is 18.2 Å². The number of fused-ring (bicyclic) bond motifs is 1. The molecule has 7 nitrogen and oxygen atoms in total. The summed E-state index contributed by atoms with van der Waals surface area (Å²) in [5, 5.41) is 6.80. The second kappa shape index (κ2) is 6.96. The molecule has 2 amide bonds. The van der Waals surface area contributed by atoms with E-state index in [1.165, 1.54) is 18.2 Å². The summed E-state index contributed by atoms with van der Waals surface area (Å²) >= 11 is 5.78. The Morgan fingerprint density at radius 3 is 2.89 bits per heavy atom. The van der Waals surface area contributed by atoms with Crippen molar-refractivity contribution in [3.05, 3.63) is 58.8 Å². The lowest BCUT2D eigenvalue weighted by Gasteiger charge is -2.32. The number of carbonyl (C=O) groups excluding carboxylic acids is 1. The molecule has 3 heterocycles. The molecule has 27 heavy (non-hydrogen) atoms. The Hall–Kier alpha value is -3.00. The van der Waals surface area contributed by atoms with Gasteiger partial charge in [0, 0.05) is 36.1 Å². The zero-order valence-electron chi connectivity index (χ0n) is 14.3. The second-order valence-corrected chi connectivity index (χ2v) is 6.66. The number of amides is 2. The minimum Gasteiger partial charge on any atom is -0.352 e. The topological polar surface area (TPSA) is 84.2 Å². The minimum atomic E-state index is -0.539. The van der Waals surface area contributed by atoms with E-state index in [2.05, 4.69) is 20.4 Å². The van der Waals surface area contributed by atoms with Crippen molar-refractivity contribution in [2.75, 3.05) is 5.32 Å². The molecule has 0 radical (unpaired) electrons. The smallest absolute Gasteiger partial charge is 0.322 e. The maximum atomic E-state index is 13.3. The van der Waals surface area contributed by atoms with Crippen LogP contribution in [0.25, 0.3) is 11.6 Å². The highest BCUT2D eigenvalue weighted by atomic mass is 35.5. The lowest BCUT2D eigenvalue weighted by molar-refractivity contribution is 0.182. The van der Waals surface area contributed by atoms with Gasteiger partial charge in [0.05, 0.1) is 17.3 Å². The van der Waals surface area contributed by atoms with E-state index in [1.807, 2.05) is 6.92 Å². The van der Waals surface area contributed by atoms with Gasteiger partial charge in [-0.3, -0.25) is 0 Å². The third-order valence-electron chi connectivity index (χ3n) is 4.42. The summed E-state index contributed by atoms with van der Waals surface area (Å²) in [6, 6.07) is 5.34. The number of halogens is 2. The van der Waals surface area contributed by atoms with Gasteiger partial charge in [-0.05, 0) is 31.2 Å². The van der Waals surface area contributed by atoms with Crippen molar-refractivity contribution in [3.8, 4) is 11.6 Å². The molecule has 0 fully saturated rings. The molecule has 0 saturated heterocycles. The Morgan fingerprint density at radius 2 is 2.15 bits per heavy atom. The molecule has 0 bridgehead atoms. The van der Waals surface area contributed by atoms with Crippen LogP contribution >= 0.6 is 11.6 Å². The fourth-order valence-electron chi connectivity index (χ4n) is 3.01. The molecular weight excluding hydrogens is 373 g/mol. The number of nitrogens with one attached hydrogen (secondary N) is 1. The predicted octanol–water partition coefficient (Wildman–Crippen LogP) is 3.90. The predicted molar refractivity (Wildman–Crippen MR) is 96.7 cm³/mol. The van der Waals surface area contributed by atoms with Crippen LogP contribution in [-0.2, 0) is 13.0 Å². The van der Waals surface area contributed by atoms with Crippen molar-refractivity contribution in [2.45, 2.75) is 25.9 Å². The highest BCUT2D eigenvalue weighted by Gasteiger charge is 2.32. The van der Waals surface area contributed by atoms with Crippen molar-refractivity contribution in [1.82, 2.24) is 20.0 Å². The van der Waals surface area contributed by atoms with E-state index >= 15 is 0 Å². The Morgan fingerprint density at radius 1 is 1.37 bits per heavy atom. The summed E-state index contributed by atoms with van der Waals surface area (Å²) in [7, 11) is 0. The molecule has 1 aliphatic rings. The van der Waals surface area contributed by atoms with Crippen molar-refractivity contribution < 1.29 is 13.7 Å². The van der Waals surface area contributed by atoms with Crippen molar-refractivity contribution in [1.29, 1.82) is 0 Å². The molecule has 1 aliphatic heterocycles. The SMILES string of the molecule is CC1Cc2noc(-c3ncccn3)c2CN1C(=O)Nc1ccc(F)c(Cl)c1. The molecule has 1 aromatic carbocycles. The molecule has 1 unspecified atom stereocenters. The summed E-state index contributed by atoms with van der Waals surface area (Å²) in [6.07, 6.45) is 3.78. The summed E-state index contributed by atoms with van der Waals surface area (Å²) in [6.45, 7) is 2.22. The van der Waals surface area contributed by atoms with E-state index in [4.69, 9.17) is 16.1 Å². The zero-order valence-corrected chi connectivity index (χ0v) is 15.1. The molecule has 0 spiro atoms. The average Bonchev–Trinajstić information content (AvgIpc) is 3.07. The van der Waals surface area contributed by atoms with Gasteiger partial charge in [-0.25, -0.2) is 19.2 Å². The van der Waals surface area contributed by atoms with Gasteiger partial charge >= 0.3 is 6.03 Å². The van der Waals surface area contributed by atoms with E-state index in [9.17, 15) is 9.18 Å². The fourth-order valence-corrected chi connectivity index (χ4v) is 3.20. The number of rotatable bonds is 2. The standard InChI is InChI=1S/C18H15ClFN5O2/c1-10-7-15-12(16(27-24-15)17-21-5-2-6-22-17)9-25(10)18(26)23-11-3-4-14(20)13(19)8-11/h2-6,8,10H,7,9H2,1H3,(H,23,26). The maximum Gasteiger partial charge on any atom is 0.322 e. The molecule has 4 rings (SSSR count). The van der Waals surface area contributed by atoms with Gasteiger partial charge in [-0.1, -0.05) is 16.8 Å². The molecule has 0 saturated carbocycles. The van der Waals surface area contributed by atoms with E-state index in [-0.39, 0.29) is 17.1 Å². The van der Waals surface area contributed by atoms with Crippen LogP contribution < -0.4 is 5.32 Å². The average molecular weight is 388 g/mol. The van der Waals surface area contributed by atoms with Gasteiger partial charge in [0.2, 0.25) is 5.76 Å². The van der Waals surface area contributed by atoms with Gasteiger partial charge in [0.15, 0.2) is 5.82 Å². The number of aromatic nitrogens is 3. The normalized spacial score (nSPS) is 16.1. The summed E-state index contributed by atoms with van der Waals surface area (Å²) in [4.78, 5) is 22.8. The first-order chi connectivity index (χ1) is 13.0. The number of hydrogen-bond acceptors (Lipinski definition) is 5. The van der Waals surface area contributed by atoms with Gasteiger partial charge in [0.1, 0.15) is 5.82 Å². The van der Waals surface area contributed by atoms with Gasteiger partial charge in [-0.15, -0.1) is 0 Å². The van der Waals surface area contributed by atoms with E-state index < -0.39 is 5.82 Å². The van der Waals surface area contributed by atoms with Gasteiger partial charge in [0.25, 0.3) is 0 Å². The van der Waals surface area contributed by atoms with Crippen LogP contribution in [0.4, 0.5) is 14.9 Å². The highest BCUT2D eigenvalue weighted by molar-refractivity contribution is 6.31. The molecule has 1 N–H and O–H groups in total. The Bertz CT molecular complexity index is 995. The number of carbonyl (C=O) groups is 1. The number of urea groups is 1. The minimum absolute atomic E-state index is 0.0515. The van der Waals surface area contributed by atoms with Crippen LogP contribution in [0.3, 0.4) is 0 Å². The summed E-state index contributed by atoms with van der Waals surface area (Å²) in [5.41, 5.74) is 1.99. The maximum absolute atomic E-state index is 13.3. The lowest BCUT2D eigenvalue weighted by Crippen LogP contribution is -2.44. The van der Waals surface area contributed by atoms with E-state index in [1.54, 1.807) is 23.4 Å². The first kappa shape index (κ1) is 17.4. The zero-order chi connectivity index (χ0) is 19.0. The van der Waals surface area contributed by atoms with Gasteiger partial charge in [-0.2, -0.15) is 0 Å². The first-order valence-electron chi connectivity index (χ1n) is 8.30. The summed E-state index contributed by atoms with van der Waals surface area (Å²) in [5.74, 6) is 0.342. The molecule has 2 aromatic heterocycles. The number of benzene rings is 1. The van der Waals surface area contributed by atoms with Crippen molar-refractivity contribution in [2.24, 2.45) is 0 Å². The first-order valence-corrected chi connectivity index (χ1v) is 8.68. The van der Waals surface area contributed by atoms with Crippen LogP contribution in [0.15, 0.2) is 41.2 Å². The summed E-state index contributed by atoms with van der Waals surface area (Å²) < 4.78 is 18.7. The Balaban J connectivity index is 1.58. The number of hydrogen-bond donors (Lipinski definition) is 1. The molecule has 0 aliphatic carbocycles. The van der Waals surface area contributed by atoms with E-state index in [0.717, 1.165) is 11.3 Å². The highest BCUT2D eigenvalue weighted by Crippen LogP contribution is 2.31. The van der Waals surface area contributed by atoms with Crippen LogP contribution in [-0.4, -0.2) is 32.1 Å². The number of anilines is 1. The van der Waals surface area contributed by atoms with Crippen LogP contribution in [0.5, 0.6) is 0 Å². The molecule has 9 heteroatoms. The third-order valence-corrected chi connectivity index (χ3v) is 4.71. The lowest BCUT2D eigenvalue weighted by atomic mass is 10.00. The second-order valence-electron chi connectivity index (χ2n) is 6.25. The van der Waals surface area contributed by atoms with Crippen molar-refractivity contribution in [3.63, 3.8) is 0 Å². The Kier molecular flexibility index (Phi) is 4.49. The van der Waals surface area contributed by atoms with Gasteiger partial charge < -0.3 is 14.7 Å². The quantitative estimate of drug-likeness (QED) is 0.720. The number of nitrogens with zero attached hydrogens (tertiary/aromatic N) is 4. The Labute approximate surface area is 159 Å².